The van der Waals surface area contributed by atoms with Gasteiger partial charge in [-0.05, 0) is 17.7 Å². The Morgan fingerprint density at radius 1 is 1.45 bits per heavy atom. The van der Waals surface area contributed by atoms with Crippen molar-refractivity contribution >= 4 is 5.97 Å². The van der Waals surface area contributed by atoms with Crippen molar-refractivity contribution in [1.29, 1.82) is 0 Å². The molecule has 1 heterocycles. The van der Waals surface area contributed by atoms with E-state index in [1.165, 1.54) is 25.4 Å². The molecule has 0 saturated carbocycles. The van der Waals surface area contributed by atoms with Crippen molar-refractivity contribution in [1.82, 2.24) is 9.97 Å². The highest BCUT2D eigenvalue weighted by Crippen LogP contribution is 2.17. The Labute approximate surface area is 113 Å². The molecule has 0 fully saturated rings. The Kier molecular flexibility index (Phi) is 4.29. The highest BCUT2D eigenvalue weighted by molar-refractivity contribution is 5.86. The minimum atomic E-state index is -2.86. The molecule has 0 bridgehead atoms. The number of halogens is 2. The van der Waals surface area contributed by atoms with Crippen LogP contribution in [-0.2, 0) is 11.2 Å². The third-order valence-corrected chi connectivity index (χ3v) is 2.53. The number of aromatic nitrogens is 2. The Bertz CT molecular complexity index is 599. The van der Waals surface area contributed by atoms with Gasteiger partial charge in [0.25, 0.3) is 0 Å². The number of ether oxygens (including phenoxy) is 2. The topological polar surface area (TPSA) is 64.2 Å². The monoisotopic (exact) mass is 282 g/mol. The minimum absolute atomic E-state index is 0.0808. The number of carbonyl (C=O) groups excluding carboxylic acids is 1. The van der Waals surface area contributed by atoms with Gasteiger partial charge in [-0.3, -0.25) is 0 Å². The van der Waals surface area contributed by atoms with E-state index in [9.17, 15) is 13.6 Å². The zero-order chi connectivity index (χ0) is 14.5. The van der Waals surface area contributed by atoms with Crippen LogP contribution in [0.3, 0.4) is 0 Å². The molecule has 7 heteroatoms. The van der Waals surface area contributed by atoms with Gasteiger partial charge in [-0.15, -0.1) is 0 Å². The lowest BCUT2D eigenvalue weighted by Gasteiger charge is -2.05. The molecule has 0 aliphatic rings. The molecule has 1 aromatic heterocycles. The van der Waals surface area contributed by atoms with Gasteiger partial charge in [-0.25, -0.2) is 9.78 Å². The number of hydrogen-bond donors (Lipinski definition) is 1. The van der Waals surface area contributed by atoms with E-state index in [0.29, 0.717) is 12.2 Å². The molecule has 1 aromatic carbocycles. The van der Waals surface area contributed by atoms with Crippen LogP contribution < -0.4 is 4.74 Å². The molecule has 0 aliphatic heterocycles. The smallest absolute Gasteiger partial charge is 0.387 e. The number of benzene rings is 1. The molecular weight excluding hydrogens is 270 g/mol. The average Bonchev–Trinajstić information content (AvgIpc) is 2.86. The number of rotatable bonds is 5. The van der Waals surface area contributed by atoms with Crippen LogP contribution in [0.15, 0.2) is 30.5 Å². The van der Waals surface area contributed by atoms with Crippen LogP contribution >= 0.6 is 0 Å². The van der Waals surface area contributed by atoms with E-state index in [2.05, 4.69) is 19.4 Å². The number of alkyl halides is 2. The normalized spacial score (nSPS) is 10.6. The molecule has 1 N–H and O–H groups in total. The van der Waals surface area contributed by atoms with Crippen molar-refractivity contribution in [2.45, 2.75) is 13.0 Å². The summed E-state index contributed by atoms with van der Waals surface area (Å²) in [7, 11) is 1.27. The number of esters is 1. The van der Waals surface area contributed by atoms with Crippen molar-refractivity contribution < 1.29 is 23.0 Å². The molecule has 2 rings (SSSR count). The van der Waals surface area contributed by atoms with Gasteiger partial charge in [-0.2, -0.15) is 8.78 Å². The summed E-state index contributed by atoms with van der Waals surface area (Å²) in [6, 6.07) is 6.29. The largest absolute Gasteiger partial charge is 0.464 e. The quantitative estimate of drug-likeness (QED) is 0.855. The number of H-pyrrole nitrogens is 1. The molecular formula is C13H12F2N2O3. The highest BCUT2D eigenvalue weighted by atomic mass is 19.3. The van der Waals surface area contributed by atoms with Crippen LogP contribution in [0.2, 0.25) is 0 Å². The maximum atomic E-state index is 12.1. The number of carbonyl (C=O) groups is 1. The SMILES string of the molecule is COC(=O)c1cnc(Cc2cccc(OC(F)F)c2)[nH]1. The van der Waals surface area contributed by atoms with E-state index in [1.807, 2.05) is 0 Å². The van der Waals surface area contributed by atoms with E-state index in [4.69, 9.17) is 0 Å². The number of hydrogen-bond acceptors (Lipinski definition) is 4. The molecule has 0 atom stereocenters. The molecule has 0 saturated heterocycles. The maximum Gasteiger partial charge on any atom is 0.387 e. The van der Waals surface area contributed by atoms with Gasteiger partial charge in [0.1, 0.15) is 17.3 Å². The molecule has 0 radical (unpaired) electrons. The van der Waals surface area contributed by atoms with Gasteiger partial charge >= 0.3 is 12.6 Å². The minimum Gasteiger partial charge on any atom is -0.464 e. The van der Waals surface area contributed by atoms with E-state index in [0.717, 1.165) is 5.56 Å². The summed E-state index contributed by atoms with van der Waals surface area (Å²) in [6.45, 7) is -2.86. The summed E-state index contributed by atoms with van der Waals surface area (Å²) in [5.41, 5.74) is 0.969. The Hall–Kier alpha value is -2.44. The number of nitrogens with one attached hydrogen (secondary N) is 1. The average molecular weight is 282 g/mol. The van der Waals surface area contributed by atoms with E-state index in [-0.39, 0.29) is 11.4 Å². The standard InChI is InChI=1S/C13H12F2N2O3/c1-19-12(18)10-7-16-11(17-10)6-8-3-2-4-9(5-8)20-13(14)15/h2-5,7,13H,6H2,1H3,(H,16,17). The molecule has 20 heavy (non-hydrogen) atoms. The summed E-state index contributed by atoms with van der Waals surface area (Å²) in [6.07, 6.45) is 1.72. The first-order valence-electron chi connectivity index (χ1n) is 5.74. The zero-order valence-corrected chi connectivity index (χ0v) is 10.6. The van der Waals surface area contributed by atoms with Gasteiger partial charge in [0, 0.05) is 6.42 Å². The first kappa shape index (κ1) is 14.0. The molecule has 5 nitrogen and oxygen atoms in total. The lowest BCUT2D eigenvalue weighted by atomic mass is 10.1. The number of methoxy groups -OCH3 is 1. The lowest BCUT2D eigenvalue weighted by Crippen LogP contribution is -2.03. The van der Waals surface area contributed by atoms with Gasteiger partial charge in [0.05, 0.1) is 13.3 Å². The fourth-order valence-electron chi connectivity index (χ4n) is 1.69. The molecule has 0 aliphatic carbocycles. The Morgan fingerprint density at radius 3 is 2.95 bits per heavy atom. The molecule has 2 aromatic rings. The highest BCUT2D eigenvalue weighted by Gasteiger charge is 2.10. The predicted octanol–water partition coefficient (Wildman–Crippen LogP) is 2.39. The van der Waals surface area contributed by atoms with Crippen LogP contribution in [0.25, 0.3) is 0 Å². The fraction of sp³-hybridized carbons (Fsp3) is 0.231. The second-order valence-electron chi connectivity index (χ2n) is 3.94. The van der Waals surface area contributed by atoms with Crippen LogP contribution in [0, 0.1) is 0 Å². The van der Waals surface area contributed by atoms with Gasteiger partial charge in [0.2, 0.25) is 0 Å². The molecule has 0 unspecified atom stereocenters. The third-order valence-electron chi connectivity index (χ3n) is 2.53. The Morgan fingerprint density at radius 2 is 2.25 bits per heavy atom. The summed E-state index contributed by atoms with van der Waals surface area (Å²) in [5, 5.41) is 0. The van der Waals surface area contributed by atoms with Gasteiger partial charge < -0.3 is 14.5 Å². The maximum absolute atomic E-state index is 12.1. The van der Waals surface area contributed by atoms with Crippen molar-refractivity contribution in [2.75, 3.05) is 7.11 Å². The number of nitrogens with zero attached hydrogens (tertiary/aromatic N) is 1. The van der Waals surface area contributed by atoms with E-state index >= 15 is 0 Å². The predicted molar refractivity (Wildman–Crippen MR) is 65.8 cm³/mol. The van der Waals surface area contributed by atoms with Crippen LogP contribution in [0.5, 0.6) is 5.75 Å². The van der Waals surface area contributed by atoms with Crippen LogP contribution in [-0.4, -0.2) is 29.7 Å². The van der Waals surface area contributed by atoms with E-state index < -0.39 is 12.6 Å². The van der Waals surface area contributed by atoms with Crippen LogP contribution in [0.1, 0.15) is 21.9 Å². The summed E-state index contributed by atoms with van der Waals surface area (Å²) >= 11 is 0. The number of aromatic amines is 1. The fourth-order valence-corrected chi connectivity index (χ4v) is 1.69. The lowest BCUT2D eigenvalue weighted by molar-refractivity contribution is -0.0498. The van der Waals surface area contributed by atoms with Crippen molar-refractivity contribution in [3.63, 3.8) is 0 Å². The number of imidazole rings is 1. The van der Waals surface area contributed by atoms with Gasteiger partial charge in [-0.1, -0.05) is 12.1 Å². The van der Waals surface area contributed by atoms with Crippen molar-refractivity contribution in [3.8, 4) is 5.75 Å². The summed E-state index contributed by atoms with van der Waals surface area (Å²) in [5.74, 6) is 0.0929. The first-order chi connectivity index (χ1) is 9.58. The molecule has 106 valence electrons. The second-order valence-corrected chi connectivity index (χ2v) is 3.94. The second kappa shape index (κ2) is 6.14. The zero-order valence-electron chi connectivity index (χ0n) is 10.6. The summed E-state index contributed by atoms with van der Waals surface area (Å²) < 4.78 is 33.1. The summed E-state index contributed by atoms with van der Waals surface area (Å²) in [4.78, 5) is 18.1. The Balaban J connectivity index is 2.09. The molecule has 0 spiro atoms. The molecule has 0 amide bonds. The van der Waals surface area contributed by atoms with E-state index in [1.54, 1.807) is 12.1 Å². The van der Waals surface area contributed by atoms with Crippen LogP contribution in [0.4, 0.5) is 8.78 Å². The van der Waals surface area contributed by atoms with Crippen molar-refractivity contribution in [3.05, 3.63) is 47.5 Å². The van der Waals surface area contributed by atoms with Gasteiger partial charge in [0.15, 0.2) is 0 Å². The third kappa shape index (κ3) is 3.53. The first-order valence-corrected chi connectivity index (χ1v) is 5.74. The van der Waals surface area contributed by atoms with Crippen molar-refractivity contribution in [2.24, 2.45) is 0 Å².